The minimum atomic E-state index is -0.685. The summed E-state index contributed by atoms with van der Waals surface area (Å²) in [6.45, 7) is -0.249. The second-order valence-corrected chi connectivity index (χ2v) is 5.99. The van der Waals surface area contributed by atoms with Gasteiger partial charge in [-0.1, -0.05) is 29.8 Å². The van der Waals surface area contributed by atoms with Gasteiger partial charge < -0.3 is 9.94 Å². The Morgan fingerprint density at radius 1 is 1.28 bits per heavy atom. The van der Waals surface area contributed by atoms with Crippen molar-refractivity contribution in [1.29, 1.82) is 0 Å². The summed E-state index contributed by atoms with van der Waals surface area (Å²) >= 11 is 6.19. The number of hydrogen-bond donors (Lipinski definition) is 1. The summed E-state index contributed by atoms with van der Waals surface area (Å²) in [7, 11) is 0. The highest BCUT2D eigenvalue weighted by atomic mass is 35.5. The van der Waals surface area contributed by atoms with Gasteiger partial charge in [0.2, 0.25) is 0 Å². The molecular weight excluding hydrogens is 348 g/mol. The number of non-ortho nitro benzene ring substituents is 1. The number of fused-ring (bicyclic) bond motifs is 1. The highest BCUT2D eigenvalue weighted by Crippen LogP contribution is 2.38. The van der Waals surface area contributed by atoms with Crippen LogP contribution in [0.15, 0.2) is 42.5 Å². The Labute approximate surface area is 148 Å². The largest absolute Gasteiger partial charge is 0.394 e. The second kappa shape index (κ2) is 7.08. The Hall–Kier alpha value is -2.64. The molecule has 1 aliphatic heterocycles. The van der Waals surface area contributed by atoms with Crippen molar-refractivity contribution >= 4 is 23.2 Å². The third kappa shape index (κ3) is 3.42. The van der Waals surface area contributed by atoms with E-state index >= 15 is 0 Å². The highest BCUT2D eigenvalue weighted by molar-refractivity contribution is 6.31. The standard InChI is InChI=1S/C17H15ClN2O5/c18-15-4-2-1-3-11(15)9-14-13-10-12(20(23)24)5-6-16(13)25-19(7-8-21)17(14)22/h1-6,10,14,21H,7-9H2. The van der Waals surface area contributed by atoms with Gasteiger partial charge in [0, 0.05) is 22.7 Å². The average Bonchev–Trinajstić information content (AvgIpc) is 2.60. The minimum Gasteiger partial charge on any atom is -0.394 e. The van der Waals surface area contributed by atoms with Gasteiger partial charge in [-0.3, -0.25) is 14.9 Å². The van der Waals surface area contributed by atoms with Crippen LogP contribution in [0.25, 0.3) is 0 Å². The van der Waals surface area contributed by atoms with Gasteiger partial charge in [-0.25, -0.2) is 0 Å². The number of nitro groups is 1. The predicted octanol–water partition coefficient (Wildman–Crippen LogP) is 2.70. The van der Waals surface area contributed by atoms with E-state index in [-0.39, 0.29) is 31.2 Å². The monoisotopic (exact) mass is 362 g/mol. The maximum Gasteiger partial charge on any atom is 0.270 e. The third-order valence-electron chi connectivity index (χ3n) is 4.02. The molecule has 1 N–H and O–H groups in total. The number of halogens is 1. The molecule has 3 rings (SSSR count). The topological polar surface area (TPSA) is 92.9 Å². The molecule has 0 saturated carbocycles. The summed E-state index contributed by atoms with van der Waals surface area (Å²) in [5.41, 5.74) is 1.08. The van der Waals surface area contributed by atoms with Crippen LogP contribution >= 0.6 is 11.6 Å². The Balaban J connectivity index is 2.04. The molecule has 0 fully saturated rings. The molecule has 0 saturated heterocycles. The number of hydroxylamine groups is 2. The fraction of sp³-hybridized carbons (Fsp3) is 0.235. The van der Waals surface area contributed by atoms with E-state index in [1.54, 1.807) is 18.2 Å². The molecule has 0 spiro atoms. The first-order valence-corrected chi connectivity index (χ1v) is 8.01. The molecule has 1 amide bonds. The van der Waals surface area contributed by atoms with E-state index in [1.807, 2.05) is 6.07 Å². The average molecular weight is 363 g/mol. The number of carbonyl (C=O) groups is 1. The second-order valence-electron chi connectivity index (χ2n) is 5.58. The number of rotatable bonds is 5. The van der Waals surface area contributed by atoms with Gasteiger partial charge in [0.05, 0.1) is 24.0 Å². The van der Waals surface area contributed by atoms with Crippen LogP contribution in [0.3, 0.4) is 0 Å². The third-order valence-corrected chi connectivity index (χ3v) is 4.39. The van der Waals surface area contributed by atoms with Crippen LogP contribution < -0.4 is 4.84 Å². The quantitative estimate of drug-likeness (QED) is 0.652. The number of benzene rings is 2. The number of amides is 1. The van der Waals surface area contributed by atoms with E-state index in [9.17, 15) is 14.9 Å². The minimum absolute atomic E-state index is 0.00822. The summed E-state index contributed by atoms with van der Waals surface area (Å²) in [6.07, 6.45) is 0.276. The molecule has 1 aliphatic rings. The number of nitrogens with zero attached hydrogens (tertiary/aromatic N) is 2. The van der Waals surface area contributed by atoms with Crippen molar-refractivity contribution in [3.05, 3.63) is 68.7 Å². The molecular formula is C17H15ClN2O5. The van der Waals surface area contributed by atoms with E-state index in [0.29, 0.717) is 16.3 Å². The lowest BCUT2D eigenvalue weighted by molar-refractivity contribution is -0.385. The summed E-state index contributed by atoms with van der Waals surface area (Å²) in [5, 5.41) is 21.8. The van der Waals surface area contributed by atoms with Crippen LogP contribution in [-0.2, 0) is 11.2 Å². The lowest BCUT2D eigenvalue weighted by Crippen LogP contribution is -2.43. The summed E-state index contributed by atoms with van der Waals surface area (Å²) in [6, 6.07) is 11.3. The predicted molar refractivity (Wildman–Crippen MR) is 90.4 cm³/mol. The van der Waals surface area contributed by atoms with Gasteiger partial charge in [0.1, 0.15) is 0 Å². The smallest absolute Gasteiger partial charge is 0.270 e. The maximum atomic E-state index is 12.8. The SMILES string of the molecule is O=C1C(Cc2ccccc2Cl)c2cc([N+](=O)[O-])ccc2ON1CCO. The molecule has 1 atom stereocenters. The number of aliphatic hydroxyl groups excluding tert-OH is 1. The van der Waals surface area contributed by atoms with E-state index in [1.165, 1.54) is 18.2 Å². The Morgan fingerprint density at radius 2 is 2.04 bits per heavy atom. The van der Waals surface area contributed by atoms with Crippen molar-refractivity contribution in [3.63, 3.8) is 0 Å². The van der Waals surface area contributed by atoms with E-state index in [2.05, 4.69) is 0 Å². The van der Waals surface area contributed by atoms with E-state index in [0.717, 1.165) is 10.6 Å². The van der Waals surface area contributed by atoms with Crippen LogP contribution in [0.2, 0.25) is 5.02 Å². The van der Waals surface area contributed by atoms with Crippen LogP contribution in [0.1, 0.15) is 17.0 Å². The molecule has 8 heteroatoms. The normalized spacial score (nSPS) is 16.3. The number of β-amino-alcohol motifs (C(OH)–C–C–N with tert-alkyl or cyclic N) is 1. The van der Waals surface area contributed by atoms with Crippen molar-refractivity contribution < 1.29 is 19.7 Å². The highest BCUT2D eigenvalue weighted by Gasteiger charge is 2.36. The molecule has 1 heterocycles. The zero-order valence-corrected chi connectivity index (χ0v) is 13.8. The van der Waals surface area contributed by atoms with Gasteiger partial charge in [0.15, 0.2) is 5.75 Å². The van der Waals surface area contributed by atoms with Crippen LogP contribution in [0.4, 0.5) is 5.69 Å². The summed E-state index contributed by atoms with van der Waals surface area (Å²) in [4.78, 5) is 28.8. The van der Waals surface area contributed by atoms with Crippen LogP contribution in [0, 0.1) is 10.1 Å². The first-order chi connectivity index (χ1) is 12.0. The summed E-state index contributed by atoms with van der Waals surface area (Å²) in [5.74, 6) is -0.701. The van der Waals surface area contributed by atoms with Crippen molar-refractivity contribution in [2.45, 2.75) is 12.3 Å². The first-order valence-electron chi connectivity index (χ1n) is 7.63. The number of nitro benzene ring substituents is 1. The van der Waals surface area contributed by atoms with Crippen LogP contribution in [-0.4, -0.2) is 34.2 Å². The Kier molecular flexibility index (Phi) is 4.87. The number of hydrogen-bond acceptors (Lipinski definition) is 5. The molecule has 7 nitrogen and oxygen atoms in total. The molecule has 25 heavy (non-hydrogen) atoms. The molecule has 0 aromatic heterocycles. The molecule has 1 unspecified atom stereocenters. The van der Waals surface area contributed by atoms with E-state index < -0.39 is 10.8 Å². The molecule has 2 aromatic rings. The summed E-state index contributed by atoms with van der Waals surface area (Å²) < 4.78 is 0. The Morgan fingerprint density at radius 3 is 2.72 bits per heavy atom. The molecule has 0 aliphatic carbocycles. The molecule has 2 aromatic carbocycles. The molecule has 0 radical (unpaired) electrons. The number of aliphatic hydroxyl groups is 1. The fourth-order valence-corrected chi connectivity index (χ4v) is 3.02. The number of carbonyl (C=O) groups excluding carboxylic acids is 1. The molecule has 130 valence electrons. The lowest BCUT2D eigenvalue weighted by atomic mass is 9.89. The van der Waals surface area contributed by atoms with Crippen molar-refractivity contribution in [1.82, 2.24) is 5.06 Å². The van der Waals surface area contributed by atoms with Gasteiger partial charge in [0.25, 0.3) is 11.6 Å². The van der Waals surface area contributed by atoms with Crippen molar-refractivity contribution in [3.8, 4) is 5.75 Å². The zero-order valence-electron chi connectivity index (χ0n) is 13.1. The Bertz CT molecular complexity index is 826. The van der Waals surface area contributed by atoms with Gasteiger partial charge in [-0.05, 0) is 24.1 Å². The van der Waals surface area contributed by atoms with Crippen LogP contribution in [0.5, 0.6) is 5.75 Å². The van der Waals surface area contributed by atoms with Crippen molar-refractivity contribution in [2.24, 2.45) is 0 Å². The van der Waals surface area contributed by atoms with Gasteiger partial charge in [-0.2, -0.15) is 5.06 Å². The lowest BCUT2D eigenvalue weighted by Gasteiger charge is -2.33. The molecule has 0 bridgehead atoms. The maximum absolute atomic E-state index is 12.8. The van der Waals surface area contributed by atoms with Gasteiger partial charge in [-0.15, -0.1) is 0 Å². The first kappa shape index (κ1) is 17.2. The van der Waals surface area contributed by atoms with Crippen molar-refractivity contribution in [2.75, 3.05) is 13.2 Å². The van der Waals surface area contributed by atoms with Gasteiger partial charge >= 0.3 is 0 Å². The fourth-order valence-electron chi connectivity index (χ4n) is 2.80. The van der Waals surface area contributed by atoms with E-state index in [4.69, 9.17) is 21.5 Å². The zero-order chi connectivity index (χ0) is 18.0.